The van der Waals surface area contributed by atoms with Gasteiger partial charge in [-0.2, -0.15) is 10.5 Å². The van der Waals surface area contributed by atoms with E-state index >= 15 is 0 Å². The van der Waals surface area contributed by atoms with E-state index in [2.05, 4.69) is 58.9 Å². The van der Waals surface area contributed by atoms with E-state index in [4.69, 9.17) is 25.8 Å². The van der Waals surface area contributed by atoms with Gasteiger partial charge in [0, 0.05) is 44.4 Å². The van der Waals surface area contributed by atoms with E-state index < -0.39 is 6.17 Å². The molecule has 7 rings (SSSR count). The van der Waals surface area contributed by atoms with Crippen LogP contribution in [-0.4, -0.2) is 55.8 Å². The summed E-state index contributed by atoms with van der Waals surface area (Å²) in [6.45, 7) is 6.32. The number of nitriles is 2. The van der Waals surface area contributed by atoms with E-state index in [1.807, 2.05) is 18.2 Å². The first-order chi connectivity index (χ1) is 26.8. The highest BCUT2D eigenvalue weighted by Crippen LogP contribution is 2.44. The molecule has 0 bridgehead atoms. The first-order valence-corrected chi connectivity index (χ1v) is 19.5. The van der Waals surface area contributed by atoms with E-state index in [0.29, 0.717) is 72.2 Å². The van der Waals surface area contributed by atoms with E-state index in [9.17, 15) is 19.7 Å². The summed E-state index contributed by atoms with van der Waals surface area (Å²) in [4.78, 5) is 14.6. The topological polar surface area (TPSA) is 120 Å². The monoisotopic (exact) mass is 761 g/mol. The van der Waals surface area contributed by atoms with Crippen LogP contribution in [0.3, 0.4) is 0 Å². The Hall–Kier alpha value is -5.13. The fourth-order valence-electron chi connectivity index (χ4n) is 7.83. The number of likely N-dealkylation sites (tertiary alicyclic amines) is 1. The van der Waals surface area contributed by atoms with Crippen molar-refractivity contribution < 1.29 is 23.4 Å². The first-order valence-electron chi connectivity index (χ1n) is 19.1. The molecule has 284 valence electrons. The Morgan fingerprint density at radius 1 is 0.927 bits per heavy atom. The molecular weight excluding hydrogens is 717 g/mol. The van der Waals surface area contributed by atoms with Gasteiger partial charge in [0.25, 0.3) is 0 Å². The van der Waals surface area contributed by atoms with E-state index in [0.717, 1.165) is 72.5 Å². The third-order valence-corrected chi connectivity index (χ3v) is 11.1. The normalized spacial score (nSPS) is 18.3. The van der Waals surface area contributed by atoms with Crippen LogP contribution in [0.25, 0.3) is 11.1 Å². The number of alkyl halides is 1. The van der Waals surface area contributed by atoms with Crippen LogP contribution in [-0.2, 0) is 24.4 Å². The lowest BCUT2D eigenvalue weighted by atomic mass is 9.93. The Kier molecular flexibility index (Phi) is 12.2. The van der Waals surface area contributed by atoms with E-state index in [1.54, 1.807) is 24.3 Å². The lowest BCUT2D eigenvalue weighted by Gasteiger charge is -2.28. The van der Waals surface area contributed by atoms with Crippen LogP contribution in [0.2, 0.25) is 5.02 Å². The zero-order chi connectivity index (χ0) is 38.3. The van der Waals surface area contributed by atoms with Gasteiger partial charge in [0.1, 0.15) is 36.1 Å². The number of piperidine rings is 1. The van der Waals surface area contributed by atoms with Crippen molar-refractivity contribution in [2.75, 3.05) is 32.8 Å². The minimum atomic E-state index is -0.662. The standard InChI is InChI=1S/C44H45ClFN5O4/c1-28-34(5-3-8-40(28)53-18-4-15-51-16-12-33(46)13-17-51)35-6-2-7-37-36(35)9-10-41(37)55-43-23-42(54-27-31-20-29(24-47)19-30(21-31)25-48)32(22-38(43)45)26-50-39-11-14-49-44(39)52/h2-3,5-8,19-23,33,39,41,50H,4,9-18,26-27H2,1H3,(H,49,52)/t39-,41-/m0/s1. The average molecular weight is 762 g/mol. The van der Waals surface area contributed by atoms with Gasteiger partial charge in [-0.15, -0.1) is 0 Å². The fourth-order valence-corrected chi connectivity index (χ4v) is 8.06. The Balaban J connectivity index is 1.08. The van der Waals surface area contributed by atoms with Crippen molar-refractivity contribution in [3.05, 3.63) is 111 Å². The molecule has 2 heterocycles. The lowest BCUT2D eigenvalue weighted by Crippen LogP contribution is -2.35. The number of rotatable bonds is 14. The van der Waals surface area contributed by atoms with Gasteiger partial charge in [-0.3, -0.25) is 4.79 Å². The van der Waals surface area contributed by atoms with Crippen molar-refractivity contribution >= 4 is 17.5 Å². The Labute approximate surface area is 326 Å². The van der Waals surface area contributed by atoms with E-state index in [1.165, 1.54) is 5.56 Å². The van der Waals surface area contributed by atoms with Crippen LogP contribution in [0.1, 0.15) is 77.2 Å². The van der Waals surface area contributed by atoms with Gasteiger partial charge < -0.3 is 29.7 Å². The third-order valence-electron chi connectivity index (χ3n) is 10.8. The summed E-state index contributed by atoms with van der Waals surface area (Å²) >= 11 is 6.90. The summed E-state index contributed by atoms with van der Waals surface area (Å²) in [6.07, 6.45) is 3.52. The van der Waals surface area contributed by atoms with Crippen LogP contribution >= 0.6 is 11.6 Å². The van der Waals surface area contributed by atoms with Crippen molar-refractivity contribution in [3.8, 4) is 40.5 Å². The summed E-state index contributed by atoms with van der Waals surface area (Å²) in [7, 11) is 0. The maximum Gasteiger partial charge on any atom is 0.237 e. The number of hydrogen-bond acceptors (Lipinski definition) is 8. The molecule has 1 aliphatic carbocycles. The number of carbonyl (C=O) groups is 1. The van der Waals surface area contributed by atoms with Crippen molar-refractivity contribution in [1.82, 2.24) is 15.5 Å². The summed E-state index contributed by atoms with van der Waals surface area (Å²) in [6, 6.07) is 25.0. The van der Waals surface area contributed by atoms with Crippen LogP contribution in [0.4, 0.5) is 4.39 Å². The number of nitrogens with zero attached hydrogens (tertiary/aromatic N) is 3. The second kappa shape index (κ2) is 17.6. The minimum Gasteiger partial charge on any atom is -0.493 e. The molecule has 1 amide bonds. The Morgan fingerprint density at radius 2 is 1.69 bits per heavy atom. The third kappa shape index (κ3) is 9.06. The molecule has 0 unspecified atom stereocenters. The van der Waals surface area contributed by atoms with Gasteiger partial charge >= 0.3 is 0 Å². The van der Waals surface area contributed by atoms with Gasteiger partial charge in [-0.25, -0.2) is 4.39 Å². The van der Waals surface area contributed by atoms with Crippen molar-refractivity contribution in [2.45, 2.75) is 76.9 Å². The molecule has 4 aromatic rings. The van der Waals surface area contributed by atoms with Gasteiger partial charge in [0.15, 0.2) is 0 Å². The fraction of sp³-hybridized carbons (Fsp3) is 0.386. The molecule has 2 saturated heterocycles. The SMILES string of the molecule is Cc1c(OCCCN2CCC(F)CC2)cccc1-c1cccc2c1CC[C@@H]2Oc1cc(OCc2cc(C#N)cc(C#N)c2)c(CN[C@H]2CCNC2=O)cc1Cl. The molecule has 2 N–H and O–H groups in total. The number of fused-ring (bicyclic) bond motifs is 1. The summed E-state index contributed by atoms with van der Waals surface area (Å²) in [5.41, 5.74) is 7.90. The van der Waals surface area contributed by atoms with Crippen molar-refractivity contribution in [2.24, 2.45) is 0 Å². The Morgan fingerprint density at radius 3 is 2.44 bits per heavy atom. The highest BCUT2D eigenvalue weighted by Gasteiger charge is 2.29. The van der Waals surface area contributed by atoms with Crippen LogP contribution in [0, 0.1) is 29.6 Å². The summed E-state index contributed by atoms with van der Waals surface area (Å²) in [5.74, 6) is 1.83. The zero-order valence-corrected chi connectivity index (χ0v) is 31.8. The second-order valence-electron chi connectivity index (χ2n) is 14.5. The van der Waals surface area contributed by atoms with Crippen LogP contribution in [0.15, 0.2) is 66.7 Å². The second-order valence-corrected chi connectivity index (χ2v) is 14.9. The predicted octanol–water partition coefficient (Wildman–Crippen LogP) is 7.88. The molecular formula is C44H45ClFN5O4. The highest BCUT2D eigenvalue weighted by molar-refractivity contribution is 6.32. The molecule has 4 aromatic carbocycles. The number of ether oxygens (including phenoxy) is 3. The van der Waals surface area contributed by atoms with Gasteiger partial charge in [0.05, 0.1) is 40.9 Å². The Bertz CT molecular complexity index is 2090. The zero-order valence-electron chi connectivity index (χ0n) is 31.0. The largest absolute Gasteiger partial charge is 0.493 e. The lowest BCUT2D eigenvalue weighted by molar-refractivity contribution is -0.120. The average Bonchev–Trinajstić information content (AvgIpc) is 3.82. The molecule has 2 atom stereocenters. The minimum absolute atomic E-state index is 0.0396. The number of nitrogens with one attached hydrogen (secondary N) is 2. The molecule has 9 nitrogen and oxygen atoms in total. The number of amides is 1. The van der Waals surface area contributed by atoms with Gasteiger partial charge in [-0.1, -0.05) is 41.9 Å². The van der Waals surface area contributed by atoms with Gasteiger partial charge in [0.2, 0.25) is 5.91 Å². The molecule has 2 aliphatic heterocycles. The van der Waals surface area contributed by atoms with E-state index in [-0.39, 0.29) is 24.7 Å². The quantitative estimate of drug-likeness (QED) is 0.125. The maximum atomic E-state index is 13.5. The van der Waals surface area contributed by atoms with Crippen LogP contribution in [0.5, 0.6) is 17.2 Å². The van der Waals surface area contributed by atoms with Crippen LogP contribution < -0.4 is 24.8 Å². The predicted molar refractivity (Wildman–Crippen MR) is 209 cm³/mol. The van der Waals surface area contributed by atoms with Crippen molar-refractivity contribution in [3.63, 3.8) is 0 Å². The molecule has 0 aromatic heterocycles. The smallest absolute Gasteiger partial charge is 0.237 e. The summed E-state index contributed by atoms with van der Waals surface area (Å²) in [5, 5.41) is 25.6. The number of hydrogen-bond donors (Lipinski definition) is 2. The molecule has 0 spiro atoms. The van der Waals surface area contributed by atoms with Gasteiger partial charge in [-0.05, 0) is 109 Å². The number of benzene rings is 4. The highest BCUT2D eigenvalue weighted by atomic mass is 35.5. The molecule has 0 radical (unpaired) electrons. The summed E-state index contributed by atoms with van der Waals surface area (Å²) < 4.78 is 32.8. The molecule has 55 heavy (non-hydrogen) atoms. The maximum absolute atomic E-state index is 13.5. The molecule has 3 aliphatic rings. The number of halogens is 2. The van der Waals surface area contributed by atoms with Crippen molar-refractivity contribution in [1.29, 1.82) is 10.5 Å². The molecule has 0 saturated carbocycles. The first kappa shape index (κ1) is 38.2. The molecule has 2 fully saturated rings. The molecule has 11 heteroatoms. The number of carbonyl (C=O) groups excluding carboxylic acids is 1.